The van der Waals surface area contributed by atoms with E-state index in [1.807, 2.05) is 13.0 Å². The summed E-state index contributed by atoms with van der Waals surface area (Å²) in [6.07, 6.45) is 0. The van der Waals surface area contributed by atoms with Crippen molar-refractivity contribution in [3.63, 3.8) is 0 Å². The quantitative estimate of drug-likeness (QED) is 0.846. The maximum Gasteiger partial charge on any atom is 0.133 e. The van der Waals surface area contributed by atoms with Crippen LogP contribution in [0.2, 0.25) is 0 Å². The zero-order chi connectivity index (χ0) is 16.2. The third-order valence-corrected chi connectivity index (χ3v) is 4.58. The molecule has 2 heterocycles. The van der Waals surface area contributed by atoms with Gasteiger partial charge in [0, 0.05) is 45.3 Å². The van der Waals surface area contributed by atoms with E-state index in [1.165, 1.54) is 11.1 Å². The highest BCUT2D eigenvalue weighted by Crippen LogP contribution is 2.16. The summed E-state index contributed by atoms with van der Waals surface area (Å²) in [5.41, 5.74) is 3.87. The number of nitrogens with zero attached hydrogens (tertiary/aromatic N) is 3. The lowest BCUT2D eigenvalue weighted by Gasteiger charge is -2.34. The second-order valence-electron chi connectivity index (χ2n) is 6.88. The molecule has 0 radical (unpaired) electrons. The van der Waals surface area contributed by atoms with Crippen molar-refractivity contribution in [2.24, 2.45) is 0 Å². The Morgan fingerprint density at radius 2 is 1.61 bits per heavy atom. The Morgan fingerprint density at radius 3 is 2.13 bits per heavy atom. The zero-order valence-electron chi connectivity index (χ0n) is 14.5. The van der Waals surface area contributed by atoms with E-state index >= 15 is 0 Å². The Kier molecular flexibility index (Phi) is 5.13. The number of aryl methyl sites for hydroxylation is 1. The summed E-state index contributed by atoms with van der Waals surface area (Å²) in [5, 5.41) is 4.09. The van der Waals surface area contributed by atoms with Gasteiger partial charge in [-0.15, -0.1) is 0 Å². The molecular formula is C19H27N3O. The predicted molar refractivity (Wildman–Crippen MR) is 92.3 cm³/mol. The van der Waals surface area contributed by atoms with Crippen molar-refractivity contribution in [2.75, 3.05) is 26.2 Å². The molecule has 124 valence electrons. The number of piperazine rings is 1. The summed E-state index contributed by atoms with van der Waals surface area (Å²) in [6, 6.07) is 11.1. The molecule has 4 nitrogen and oxygen atoms in total. The Bertz CT molecular complexity index is 610. The lowest BCUT2D eigenvalue weighted by atomic mass is 10.0. The number of hydrogen-bond acceptors (Lipinski definition) is 4. The summed E-state index contributed by atoms with van der Waals surface area (Å²) >= 11 is 0. The summed E-state index contributed by atoms with van der Waals surface area (Å²) < 4.78 is 5.15. The molecule has 0 bridgehead atoms. The van der Waals surface area contributed by atoms with Gasteiger partial charge in [-0.2, -0.15) is 0 Å². The standard InChI is InChI=1S/C19H27N3O/c1-15(2)18-6-4-17(5-7-18)13-21-8-10-22(11-9-21)14-19-12-16(3)23-20-19/h4-7,12,15H,8-11,13-14H2,1-3H3. The van der Waals surface area contributed by atoms with Gasteiger partial charge in [-0.3, -0.25) is 9.80 Å². The molecule has 1 fully saturated rings. The summed E-state index contributed by atoms with van der Waals surface area (Å²) in [4.78, 5) is 4.99. The highest BCUT2D eigenvalue weighted by atomic mass is 16.5. The molecule has 1 aromatic carbocycles. The first kappa shape index (κ1) is 16.2. The highest BCUT2D eigenvalue weighted by Gasteiger charge is 2.18. The van der Waals surface area contributed by atoms with Crippen LogP contribution >= 0.6 is 0 Å². The molecule has 0 N–H and O–H groups in total. The van der Waals surface area contributed by atoms with E-state index in [1.54, 1.807) is 0 Å². The van der Waals surface area contributed by atoms with Crippen LogP contribution in [0.4, 0.5) is 0 Å². The van der Waals surface area contributed by atoms with Crippen LogP contribution in [-0.4, -0.2) is 41.1 Å². The van der Waals surface area contributed by atoms with E-state index in [0.29, 0.717) is 5.92 Å². The minimum atomic E-state index is 0.604. The molecule has 1 aliphatic rings. The second kappa shape index (κ2) is 7.28. The molecule has 1 aromatic heterocycles. The lowest BCUT2D eigenvalue weighted by Crippen LogP contribution is -2.45. The van der Waals surface area contributed by atoms with Crippen LogP contribution < -0.4 is 0 Å². The highest BCUT2D eigenvalue weighted by molar-refractivity contribution is 5.24. The van der Waals surface area contributed by atoms with Crippen LogP contribution in [0.3, 0.4) is 0 Å². The van der Waals surface area contributed by atoms with Crippen molar-refractivity contribution in [1.29, 1.82) is 0 Å². The third-order valence-electron chi connectivity index (χ3n) is 4.58. The molecule has 1 saturated heterocycles. The molecule has 0 amide bonds. The lowest BCUT2D eigenvalue weighted by molar-refractivity contribution is 0.120. The van der Waals surface area contributed by atoms with Crippen molar-refractivity contribution in [2.45, 2.75) is 39.8 Å². The largest absolute Gasteiger partial charge is 0.361 e. The molecular weight excluding hydrogens is 286 g/mol. The van der Waals surface area contributed by atoms with Crippen molar-refractivity contribution in [1.82, 2.24) is 15.0 Å². The van der Waals surface area contributed by atoms with E-state index in [-0.39, 0.29) is 0 Å². The van der Waals surface area contributed by atoms with Gasteiger partial charge in [0.2, 0.25) is 0 Å². The SMILES string of the molecule is Cc1cc(CN2CCN(Cc3ccc(C(C)C)cc3)CC2)no1. The average molecular weight is 313 g/mol. The van der Waals surface area contributed by atoms with Crippen LogP contribution in [0, 0.1) is 6.92 Å². The predicted octanol–water partition coefficient (Wildman–Crippen LogP) is 3.42. The van der Waals surface area contributed by atoms with Crippen molar-refractivity contribution >= 4 is 0 Å². The van der Waals surface area contributed by atoms with Gasteiger partial charge in [0.1, 0.15) is 5.76 Å². The summed E-state index contributed by atoms with van der Waals surface area (Å²) in [7, 11) is 0. The fourth-order valence-corrected chi connectivity index (χ4v) is 3.09. The Hall–Kier alpha value is -1.65. The van der Waals surface area contributed by atoms with Gasteiger partial charge < -0.3 is 4.52 Å². The minimum Gasteiger partial charge on any atom is -0.361 e. The van der Waals surface area contributed by atoms with E-state index in [0.717, 1.165) is 50.7 Å². The normalized spacial score (nSPS) is 17.0. The second-order valence-corrected chi connectivity index (χ2v) is 6.88. The smallest absolute Gasteiger partial charge is 0.133 e. The third kappa shape index (κ3) is 4.43. The molecule has 3 rings (SSSR count). The fraction of sp³-hybridized carbons (Fsp3) is 0.526. The van der Waals surface area contributed by atoms with Crippen LogP contribution in [0.1, 0.15) is 42.3 Å². The molecule has 0 unspecified atom stereocenters. The first-order chi connectivity index (χ1) is 11.1. The topological polar surface area (TPSA) is 32.5 Å². The van der Waals surface area contributed by atoms with E-state index in [9.17, 15) is 0 Å². The Labute approximate surface area is 139 Å². The fourth-order valence-electron chi connectivity index (χ4n) is 3.09. The molecule has 0 aliphatic carbocycles. The molecule has 0 saturated carbocycles. The van der Waals surface area contributed by atoms with Crippen molar-refractivity contribution < 1.29 is 4.52 Å². The van der Waals surface area contributed by atoms with Gasteiger partial charge in [0.15, 0.2) is 0 Å². The number of hydrogen-bond donors (Lipinski definition) is 0. The molecule has 2 aromatic rings. The van der Waals surface area contributed by atoms with E-state index in [4.69, 9.17) is 4.52 Å². The first-order valence-electron chi connectivity index (χ1n) is 8.56. The average Bonchev–Trinajstić information content (AvgIpc) is 2.95. The van der Waals surface area contributed by atoms with Gasteiger partial charge in [-0.05, 0) is 24.0 Å². The molecule has 23 heavy (non-hydrogen) atoms. The minimum absolute atomic E-state index is 0.604. The molecule has 0 spiro atoms. The molecule has 4 heteroatoms. The van der Waals surface area contributed by atoms with Crippen LogP contribution in [-0.2, 0) is 13.1 Å². The number of rotatable bonds is 5. The van der Waals surface area contributed by atoms with Crippen LogP contribution in [0.25, 0.3) is 0 Å². The monoisotopic (exact) mass is 313 g/mol. The molecule has 1 aliphatic heterocycles. The molecule has 0 atom stereocenters. The van der Waals surface area contributed by atoms with Crippen molar-refractivity contribution in [3.05, 3.63) is 52.9 Å². The zero-order valence-corrected chi connectivity index (χ0v) is 14.5. The number of aromatic nitrogens is 1. The Morgan fingerprint density at radius 1 is 1.00 bits per heavy atom. The number of benzene rings is 1. The first-order valence-corrected chi connectivity index (χ1v) is 8.56. The Balaban J connectivity index is 1.47. The van der Waals surface area contributed by atoms with Crippen LogP contribution in [0.5, 0.6) is 0 Å². The van der Waals surface area contributed by atoms with Gasteiger partial charge >= 0.3 is 0 Å². The van der Waals surface area contributed by atoms with Gasteiger partial charge in [-0.1, -0.05) is 43.3 Å². The van der Waals surface area contributed by atoms with Gasteiger partial charge in [0.05, 0.1) is 5.69 Å². The van der Waals surface area contributed by atoms with Gasteiger partial charge in [-0.25, -0.2) is 0 Å². The van der Waals surface area contributed by atoms with Gasteiger partial charge in [0.25, 0.3) is 0 Å². The van der Waals surface area contributed by atoms with Crippen molar-refractivity contribution in [3.8, 4) is 0 Å². The maximum atomic E-state index is 5.15. The maximum absolute atomic E-state index is 5.15. The summed E-state index contributed by atoms with van der Waals surface area (Å²) in [6.45, 7) is 12.8. The van der Waals surface area contributed by atoms with E-state index in [2.05, 4.69) is 53.1 Å². The summed E-state index contributed by atoms with van der Waals surface area (Å²) in [5.74, 6) is 1.50. The van der Waals surface area contributed by atoms with Crippen LogP contribution in [0.15, 0.2) is 34.9 Å². The van der Waals surface area contributed by atoms with E-state index < -0.39 is 0 Å².